The number of amides is 4. The number of ether oxygens (including phenoxy) is 1. The number of hydrogen-bond donors (Lipinski definition) is 2. The maximum atomic E-state index is 12.9. The highest BCUT2D eigenvalue weighted by atomic mass is 16.6. The molecule has 4 amide bonds. The molecule has 1 aliphatic rings. The van der Waals surface area contributed by atoms with Gasteiger partial charge in [-0.05, 0) is 51.0 Å². The number of anilines is 1. The van der Waals surface area contributed by atoms with E-state index in [0.717, 1.165) is 4.90 Å². The third-order valence-electron chi connectivity index (χ3n) is 5.17. The van der Waals surface area contributed by atoms with Crippen LogP contribution in [0.4, 0.5) is 10.7 Å². The number of aromatic nitrogens is 3. The summed E-state index contributed by atoms with van der Waals surface area (Å²) < 4.78 is 6.72. The van der Waals surface area contributed by atoms with Gasteiger partial charge in [0.1, 0.15) is 11.6 Å². The van der Waals surface area contributed by atoms with Crippen molar-refractivity contribution in [3.8, 4) is 11.1 Å². The topological polar surface area (TPSA) is 149 Å². The lowest BCUT2D eigenvalue weighted by molar-refractivity contribution is -0.132. The van der Waals surface area contributed by atoms with Gasteiger partial charge in [0.15, 0.2) is 5.65 Å². The molecule has 11 heteroatoms. The first-order valence-corrected chi connectivity index (χ1v) is 10.6. The zero-order chi connectivity index (χ0) is 24.6. The molecule has 2 aromatic heterocycles. The summed E-state index contributed by atoms with van der Waals surface area (Å²) in [5, 5.41) is 6.84. The Labute approximate surface area is 194 Å². The average Bonchev–Trinajstić information content (AvgIpc) is 3.34. The first-order chi connectivity index (χ1) is 16.0. The molecule has 0 unspecified atom stereocenters. The molecule has 3 heterocycles. The van der Waals surface area contributed by atoms with Crippen LogP contribution in [0.5, 0.6) is 0 Å². The molecule has 1 saturated heterocycles. The lowest BCUT2D eigenvalue weighted by Gasteiger charge is -2.26. The van der Waals surface area contributed by atoms with Crippen LogP contribution < -0.4 is 11.1 Å². The van der Waals surface area contributed by atoms with Crippen molar-refractivity contribution >= 4 is 35.4 Å². The number of carbonyl (C=O) groups excluding carboxylic acids is 4. The zero-order valence-electron chi connectivity index (χ0n) is 18.9. The van der Waals surface area contributed by atoms with Gasteiger partial charge in [0.05, 0.1) is 0 Å². The van der Waals surface area contributed by atoms with Gasteiger partial charge in [-0.1, -0.05) is 18.2 Å². The van der Waals surface area contributed by atoms with E-state index in [1.54, 1.807) is 63.4 Å². The van der Waals surface area contributed by atoms with Gasteiger partial charge in [-0.3, -0.25) is 19.7 Å². The molecule has 11 nitrogen and oxygen atoms in total. The fourth-order valence-corrected chi connectivity index (χ4v) is 3.71. The number of hydrogen-bond acceptors (Lipinski definition) is 7. The monoisotopic (exact) mass is 464 g/mol. The van der Waals surface area contributed by atoms with Crippen LogP contribution in [-0.4, -0.2) is 55.0 Å². The fourth-order valence-electron chi connectivity index (χ4n) is 3.71. The van der Waals surface area contributed by atoms with Crippen LogP contribution in [-0.2, 0) is 14.3 Å². The second-order valence-corrected chi connectivity index (χ2v) is 8.85. The van der Waals surface area contributed by atoms with Crippen LogP contribution in [0.15, 0.2) is 42.6 Å². The number of pyridine rings is 1. The predicted octanol–water partition coefficient (Wildman–Crippen LogP) is 2.36. The van der Waals surface area contributed by atoms with E-state index < -0.39 is 35.5 Å². The van der Waals surface area contributed by atoms with Crippen molar-refractivity contribution in [3.63, 3.8) is 0 Å². The standard InChI is InChI=1S/C23H24N6O5/c1-23(2,3)34-22(33)29-16(9-11-18(29)30)20(32)26-21-25-17-10-8-13(12-28(17)27-21)14-6-4-5-7-15(14)19(24)31/h4-8,10,12,16H,9,11H2,1-3H3,(H2,24,31)(H,26,27,32)/t16-/m1/s1. The molecular formula is C23H24N6O5. The van der Waals surface area contributed by atoms with E-state index in [9.17, 15) is 19.2 Å². The third-order valence-corrected chi connectivity index (χ3v) is 5.17. The molecular weight excluding hydrogens is 440 g/mol. The van der Waals surface area contributed by atoms with Gasteiger partial charge >= 0.3 is 6.09 Å². The molecule has 3 aromatic rings. The van der Waals surface area contributed by atoms with Crippen LogP contribution in [0.2, 0.25) is 0 Å². The van der Waals surface area contributed by atoms with Crippen molar-refractivity contribution in [2.45, 2.75) is 45.3 Å². The van der Waals surface area contributed by atoms with Crippen molar-refractivity contribution in [3.05, 3.63) is 48.2 Å². The van der Waals surface area contributed by atoms with Gasteiger partial charge < -0.3 is 10.5 Å². The summed E-state index contributed by atoms with van der Waals surface area (Å²) >= 11 is 0. The van der Waals surface area contributed by atoms with E-state index in [1.165, 1.54) is 4.52 Å². The van der Waals surface area contributed by atoms with Gasteiger partial charge in [0.25, 0.3) is 0 Å². The summed E-state index contributed by atoms with van der Waals surface area (Å²) in [6.45, 7) is 5.03. The predicted molar refractivity (Wildman–Crippen MR) is 122 cm³/mol. The van der Waals surface area contributed by atoms with Crippen molar-refractivity contribution in [2.75, 3.05) is 5.32 Å². The van der Waals surface area contributed by atoms with Crippen LogP contribution in [0, 0.1) is 0 Å². The Balaban J connectivity index is 1.56. The van der Waals surface area contributed by atoms with E-state index in [1.807, 2.05) is 0 Å². The van der Waals surface area contributed by atoms with E-state index >= 15 is 0 Å². The van der Waals surface area contributed by atoms with Crippen molar-refractivity contribution < 1.29 is 23.9 Å². The minimum Gasteiger partial charge on any atom is -0.443 e. The Morgan fingerprint density at radius 1 is 1.15 bits per heavy atom. The SMILES string of the molecule is CC(C)(C)OC(=O)N1C(=O)CC[C@@H]1C(=O)Nc1nc2ccc(-c3ccccc3C(N)=O)cn2n1. The van der Waals surface area contributed by atoms with Crippen molar-refractivity contribution in [2.24, 2.45) is 5.73 Å². The van der Waals surface area contributed by atoms with Gasteiger partial charge in [-0.25, -0.2) is 14.2 Å². The molecule has 3 N–H and O–H groups in total. The summed E-state index contributed by atoms with van der Waals surface area (Å²) in [4.78, 5) is 54.4. The summed E-state index contributed by atoms with van der Waals surface area (Å²) in [5.41, 5.74) is 6.79. The van der Waals surface area contributed by atoms with Crippen LogP contribution >= 0.6 is 0 Å². The Morgan fingerprint density at radius 2 is 1.88 bits per heavy atom. The van der Waals surface area contributed by atoms with E-state index in [0.29, 0.717) is 22.3 Å². The lowest BCUT2D eigenvalue weighted by atomic mass is 10.0. The number of nitrogens with zero attached hydrogens (tertiary/aromatic N) is 4. The third kappa shape index (κ3) is 4.58. The number of nitrogens with one attached hydrogen (secondary N) is 1. The van der Waals surface area contributed by atoms with Gasteiger partial charge in [-0.2, -0.15) is 4.98 Å². The molecule has 176 valence electrons. The van der Waals surface area contributed by atoms with E-state index in [4.69, 9.17) is 10.5 Å². The molecule has 1 aromatic carbocycles. The number of nitrogens with two attached hydrogens (primary N) is 1. The smallest absolute Gasteiger partial charge is 0.417 e. The molecule has 0 aliphatic carbocycles. The number of rotatable bonds is 4. The number of fused-ring (bicyclic) bond motifs is 1. The first kappa shape index (κ1) is 22.9. The summed E-state index contributed by atoms with van der Waals surface area (Å²) in [5.74, 6) is -1.61. The number of primary amides is 1. The average molecular weight is 464 g/mol. The van der Waals surface area contributed by atoms with E-state index in [-0.39, 0.29) is 18.8 Å². The lowest BCUT2D eigenvalue weighted by Crippen LogP contribution is -2.47. The van der Waals surface area contributed by atoms with Crippen LogP contribution in [0.3, 0.4) is 0 Å². The molecule has 4 rings (SSSR count). The Morgan fingerprint density at radius 3 is 2.59 bits per heavy atom. The second-order valence-electron chi connectivity index (χ2n) is 8.85. The molecule has 0 saturated carbocycles. The molecule has 34 heavy (non-hydrogen) atoms. The highest BCUT2D eigenvalue weighted by Crippen LogP contribution is 2.25. The maximum Gasteiger partial charge on any atom is 0.417 e. The quantitative estimate of drug-likeness (QED) is 0.602. The molecule has 1 atom stereocenters. The Hall–Kier alpha value is -4.28. The summed E-state index contributed by atoms with van der Waals surface area (Å²) in [6.07, 6.45) is 1.02. The maximum absolute atomic E-state index is 12.9. The van der Waals surface area contributed by atoms with Gasteiger partial charge in [0.2, 0.25) is 23.7 Å². The Kier molecular flexibility index (Phi) is 5.78. The minimum atomic E-state index is -1.02. The highest BCUT2D eigenvalue weighted by molar-refractivity contribution is 6.04. The summed E-state index contributed by atoms with van der Waals surface area (Å²) in [7, 11) is 0. The second kappa shape index (κ2) is 8.58. The van der Waals surface area contributed by atoms with Crippen molar-refractivity contribution in [1.82, 2.24) is 19.5 Å². The van der Waals surface area contributed by atoms with Crippen LogP contribution in [0.25, 0.3) is 16.8 Å². The van der Waals surface area contributed by atoms with Crippen molar-refractivity contribution in [1.29, 1.82) is 0 Å². The first-order valence-electron chi connectivity index (χ1n) is 10.6. The largest absolute Gasteiger partial charge is 0.443 e. The fraction of sp³-hybridized carbons (Fsp3) is 0.304. The molecule has 1 aliphatic heterocycles. The number of imide groups is 1. The molecule has 0 radical (unpaired) electrons. The normalized spacial score (nSPS) is 16.0. The minimum absolute atomic E-state index is 0.00817. The highest BCUT2D eigenvalue weighted by Gasteiger charge is 2.42. The number of likely N-dealkylation sites (tertiary alicyclic amines) is 1. The molecule has 1 fully saturated rings. The van der Waals surface area contributed by atoms with Gasteiger partial charge in [-0.15, -0.1) is 5.10 Å². The Bertz CT molecular complexity index is 1310. The molecule has 0 spiro atoms. The molecule has 0 bridgehead atoms. The zero-order valence-corrected chi connectivity index (χ0v) is 18.9. The van der Waals surface area contributed by atoms with E-state index in [2.05, 4.69) is 15.4 Å². The number of carbonyl (C=O) groups is 4. The van der Waals surface area contributed by atoms with Crippen LogP contribution in [0.1, 0.15) is 44.0 Å². The van der Waals surface area contributed by atoms with Gasteiger partial charge in [0, 0.05) is 23.7 Å². The number of benzene rings is 1. The summed E-state index contributed by atoms with van der Waals surface area (Å²) in [6, 6.07) is 9.33.